The van der Waals surface area contributed by atoms with Gasteiger partial charge < -0.3 is 24.7 Å². The van der Waals surface area contributed by atoms with Crippen molar-refractivity contribution in [3.8, 4) is 22.9 Å². The highest BCUT2D eigenvalue weighted by Crippen LogP contribution is 2.26. The van der Waals surface area contributed by atoms with Crippen molar-refractivity contribution in [3.63, 3.8) is 0 Å². The highest BCUT2D eigenvalue weighted by atomic mass is 19.1. The number of benzene rings is 3. The number of anilines is 1. The maximum absolute atomic E-state index is 13.4. The standard InChI is InChI=1S/C24H23FN4O3/c1-31-19-13-18(14-20(15-19)32-2)27-24(30)26-11-12-29-22-6-4-3-5-21(22)28-23(29)16-7-9-17(25)10-8-16/h3-10,13-15H,11-12H2,1-2H3,(H2,26,27,30). The van der Waals surface area contributed by atoms with E-state index < -0.39 is 0 Å². The number of methoxy groups -OCH3 is 2. The number of ether oxygens (including phenoxy) is 2. The quantitative estimate of drug-likeness (QED) is 0.443. The molecule has 1 aromatic heterocycles. The molecule has 4 aromatic rings. The minimum atomic E-state index is -0.354. The molecule has 2 amide bonds. The second-order valence-corrected chi connectivity index (χ2v) is 7.06. The van der Waals surface area contributed by atoms with Crippen LogP contribution >= 0.6 is 0 Å². The van der Waals surface area contributed by atoms with Gasteiger partial charge in [0.15, 0.2) is 0 Å². The molecule has 0 aliphatic carbocycles. The van der Waals surface area contributed by atoms with Gasteiger partial charge in [-0.05, 0) is 36.4 Å². The maximum atomic E-state index is 13.4. The van der Waals surface area contributed by atoms with Crippen LogP contribution in [0.1, 0.15) is 0 Å². The summed E-state index contributed by atoms with van der Waals surface area (Å²) in [5.41, 5.74) is 3.13. The number of urea groups is 1. The third-order valence-corrected chi connectivity index (χ3v) is 4.99. The van der Waals surface area contributed by atoms with Crippen LogP contribution in [0, 0.1) is 5.82 Å². The maximum Gasteiger partial charge on any atom is 0.319 e. The number of rotatable bonds is 7. The van der Waals surface area contributed by atoms with E-state index in [1.807, 2.05) is 28.8 Å². The number of carbonyl (C=O) groups excluding carboxylic acids is 1. The molecule has 0 fully saturated rings. The molecular weight excluding hydrogens is 411 g/mol. The Balaban J connectivity index is 1.48. The van der Waals surface area contributed by atoms with Gasteiger partial charge >= 0.3 is 6.03 Å². The normalized spacial score (nSPS) is 10.7. The van der Waals surface area contributed by atoms with Gasteiger partial charge in [-0.15, -0.1) is 0 Å². The lowest BCUT2D eigenvalue weighted by atomic mass is 10.2. The predicted octanol–water partition coefficient (Wildman–Crippen LogP) is 4.68. The highest BCUT2D eigenvalue weighted by Gasteiger charge is 2.13. The molecule has 4 rings (SSSR count). The molecule has 0 spiro atoms. The van der Waals surface area contributed by atoms with Crippen LogP contribution in [0.5, 0.6) is 11.5 Å². The van der Waals surface area contributed by atoms with Crippen LogP contribution in [0.2, 0.25) is 0 Å². The minimum absolute atomic E-state index is 0.302. The van der Waals surface area contributed by atoms with E-state index in [2.05, 4.69) is 10.6 Å². The fourth-order valence-electron chi connectivity index (χ4n) is 3.46. The second-order valence-electron chi connectivity index (χ2n) is 7.06. The summed E-state index contributed by atoms with van der Waals surface area (Å²) in [7, 11) is 3.10. The van der Waals surface area contributed by atoms with Gasteiger partial charge in [-0.25, -0.2) is 14.2 Å². The zero-order valence-electron chi connectivity index (χ0n) is 17.8. The zero-order valence-corrected chi connectivity index (χ0v) is 17.8. The SMILES string of the molecule is COc1cc(NC(=O)NCCn2c(-c3ccc(F)cc3)nc3ccccc32)cc(OC)c1. The van der Waals surface area contributed by atoms with Crippen molar-refractivity contribution in [2.75, 3.05) is 26.1 Å². The Kier molecular flexibility index (Phi) is 6.21. The van der Waals surface area contributed by atoms with E-state index in [9.17, 15) is 9.18 Å². The van der Waals surface area contributed by atoms with Gasteiger partial charge in [0, 0.05) is 42.5 Å². The van der Waals surface area contributed by atoms with E-state index in [1.165, 1.54) is 12.1 Å². The molecule has 32 heavy (non-hydrogen) atoms. The number of nitrogens with zero attached hydrogens (tertiary/aromatic N) is 2. The van der Waals surface area contributed by atoms with Gasteiger partial charge in [0.2, 0.25) is 0 Å². The average molecular weight is 434 g/mol. The molecule has 0 saturated heterocycles. The fraction of sp³-hybridized carbons (Fsp3) is 0.167. The smallest absolute Gasteiger partial charge is 0.319 e. The van der Waals surface area contributed by atoms with Gasteiger partial charge in [-0.2, -0.15) is 0 Å². The largest absolute Gasteiger partial charge is 0.497 e. The predicted molar refractivity (Wildman–Crippen MR) is 122 cm³/mol. The monoisotopic (exact) mass is 434 g/mol. The Hall–Kier alpha value is -4.07. The lowest BCUT2D eigenvalue weighted by Crippen LogP contribution is -2.31. The van der Waals surface area contributed by atoms with Gasteiger partial charge in [0.1, 0.15) is 23.1 Å². The zero-order chi connectivity index (χ0) is 22.5. The third-order valence-electron chi connectivity index (χ3n) is 4.99. The molecule has 0 radical (unpaired) electrons. The number of aromatic nitrogens is 2. The Bertz CT molecular complexity index is 1220. The number of hydrogen-bond acceptors (Lipinski definition) is 4. The van der Waals surface area contributed by atoms with Crippen molar-refractivity contribution >= 4 is 22.8 Å². The molecule has 164 valence electrons. The molecule has 0 bridgehead atoms. The Labute approximate surface area is 184 Å². The van der Waals surface area contributed by atoms with Crippen LogP contribution in [0.3, 0.4) is 0 Å². The van der Waals surface area contributed by atoms with Crippen LogP contribution < -0.4 is 20.1 Å². The van der Waals surface area contributed by atoms with Gasteiger partial charge in [0.25, 0.3) is 0 Å². The van der Waals surface area contributed by atoms with Crippen LogP contribution in [-0.2, 0) is 6.54 Å². The lowest BCUT2D eigenvalue weighted by molar-refractivity contribution is 0.251. The first-order chi connectivity index (χ1) is 15.6. The van der Waals surface area contributed by atoms with E-state index in [0.717, 1.165) is 16.6 Å². The van der Waals surface area contributed by atoms with Crippen LogP contribution in [0.15, 0.2) is 66.7 Å². The summed E-state index contributed by atoms with van der Waals surface area (Å²) in [5.74, 6) is 1.57. The van der Waals surface area contributed by atoms with Crippen molar-refractivity contribution in [2.24, 2.45) is 0 Å². The number of amides is 2. The number of imidazole rings is 1. The molecule has 0 aliphatic rings. The first-order valence-electron chi connectivity index (χ1n) is 10.1. The van der Waals surface area contributed by atoms with Crippen molar-refractivity contribution in [1.82, 2.24) is 14.9 Å². The summed E-state index contributed by atoms with van der Waals surface area (Å²) in [6.45, 7) is 0.851. The van der Waals surface area contributed by atoms with E-state index in [0.29, 0.717) is 36.1 Å². The summed E-state index contributed by atoms with van der Waals surface area (Å²) < 4.78 is 25.8. The van der Waals surface area contributed by atoms with Crippen LogP contribution in [-0.4, -0.2) is 36.3 Å². The summed E-state index contributed by atoms with van der Waals surface area (Å²) in [5, 5.41) is 5.64. The molecule has 0 unspecified atom stereocenters. The summed E-state index contributed by atoms with van der Waals surface area (Å²) in [6.07, 6.45) is 0. The summed E-state index contributed by atoms with van der Waals surface area (Å²) >= 11 is 0. The third kappa shape index (κ3) is 4.64. The van der Waals surface area contributed by atoms with Gasteiger partial charge in [-0.1, -0.05) is 12.1 Å². The van der Waals surface area contributed by atoms with Gasteiger partial charge in [-0.3, -0.25) is 0 Å². The van der Waals surface area contributed by atoms with Crippen LogP contribution in [0.4, 0.5) is 14.9 Å². The molecule has 0 aliphatic heterocycles. The Morgan fingerprint density at radius 3 is 2.38 bits per heavy atom. The molecule has 3 aromatic carbocycles. The van der Waals surface area contributed by atoms with E-state index in [-0.39, 0.29) is 11.8 Å². The first-order valence-corrected chi connectivity index (χ1v) is 10.1. The molecular formula is C24H23FN4O3. The second kappa shape index (κ2) is 9.38. The molecule has 0 saturated carbocycles. The number of para-hydroxylation sites is 2. The number of fused-ring (bicyclic) bond motifs is 1. The number of carbonyl (C=O) groups is 1. The summed E-state index contributed by atoms with van der Waals surface area (Å²) in [6, 6.07) is 18.8. The van der Waals surface area contributed by atoms with Crippen molar-refractivity contribution in [1.29, 1.82) is 0 Å². The average Bonchev–Trinajstić information content (AvgIpc) is 3.18. The summed E-state index contributed by atoms with van der Waals surface area (Å²) in [4.78, 5) is 17.1. The van der Waals surface area contributed by atoms with E-state index in [4.69, 9.17) is 14.5 Å². The van der Waals surface area contributed by atoms with Crippen molar-refractivity contribution in [2.45, 2.75) is 6.54 Å². The Morgan fingerprint density at radius 1 is 1.00 bits per heavy atom. The highest BCUT2D eigenvalue weighted by molar-refractivity contribution is 5.89. The number of hydrogen-bond donors (Lipinski definition) is 2. The fourth-order valence-corrected chi connectivity index (χ4v) is 3.46. The molecule has 1 heterocycles. The minimum Gasteiger partial charge on any atom is -0.497 e. The molecule has 2 N–H and O–H groups in total. The molecule has 0 atom stereocenters. The van der Waals surface area contributed by atoms with Crippen LogP contribution in [0.25, 0.3) is 22.4 Å². The van der Waals surface area contributed by atoms with E-state index in [1.54, 1.807) is 44.6 Å². The molecule has 7 nitrogen and oxygen atoms in total. The molecule has 8 heteroatoms. The topological polar surface area (TPSA) is 77.4 Å². The van der Waals surface area contributed by atoms with Crippen molar-refractivity contribution < 1.29 is 18.7 Å². The number of halogens is 1. The Morgan fingerprint density at radius 2 is 1.69 bits per heavy atom. The first kappa shape index (κ1) is 21.2. The van der Waals surface area contributed by atoms with E-state index >= 15 is 0 Å². The number of nitrogens with one attached hydrogen (secondary N) is 2. The van der Waals surface area contributed by atoms with Crippen molar-refractivity contribution in [3.05, 3.63) is 72.5 Å². The lowest BCUT2D eigenvalue weighted by Gasteiger charge is -2.12. The van der Waals surface area contributed by atoms with Gasteiger partial charge in [0.05, 0.1) is 25.3 Å².